The molecule has 6 heteroatoms. The number of carbonyl (C=O) groups excluding carboxylic acids is 1. The van der Waals surface area contributed by atoms with Gasteiger partial charge in [-0.2, -0.15) is 0 Å². The monoisotopic (exact) mass is 304 g/mol. The van der Waals surface area contributed by atoms with Crippen LogP contribution in [0.1, 0.15) is 32.0 Å². The van der Waals surface area contributed by atoms with Gasteiger partial charge in [0.05, 0.1) is 5.69 Å². The van der Waals surface area contributed by atoms with Crippen LogP contribution < -0.4 is 10.2 Å². The van der Waals surface area contributed by atoms with Crippen LogP contribution in [0.5, 0.6) is 0 Å². The molecule has 0 bridgehead atoms. The average molecular weight is 304 g/mol. The molecule has 1 amide bonds. The van der Waals surface area contributed by atoms with Crippen molar-refractivity contribution in [1.29, 1.82) is 0 Å². The molecule has 0 radical (unpaired) electrons. The highest BCUT2D eigenvalue weighted by molar-refractivity contribution is 5.68. The average Bonchev–Trinajstić information content (AvgIpc) is 2.93. The zero-order valence-corrected chi connectivity index (χ0v) is 13.6. The van der Waals surface area contributed by atoms with Gasteiger partial charge < -0.3 is 19.9 Å². The van der Waals surface area contributed by atoms with Crippen LogP contribution in [0.2, 0.25) is 0 Å². The minimum absolute atomic E-state index is 0.224. The molecule has 3 heterocycles. The van der Waals surface area contributed by atoms with E-state index in [-0.39, 0.29) is 6.09 Å². The van der Waals surface area contributed by atoms with E-state index in [0.29, 0.717) is 13.1 Å². The molecule has 1 aromatic rings. The maximum atomic E-state index is 12.1. The van der Waals surface area contributed by atoms with Gasteiger partial charge in [-0.15, -0.1) is 0 Å². The summed E-state index contributed by atoms with van der Waals surface area (Å²) >= 11 is 0. The fourth-order valence-electron chi connectivity index (χ4n) is 2.77. The van der Waals surface area contributed by atoms with Crippen molar-refractivity contribution in [3.63, 3.8) is 0 Å². The number of aromatic nitrogens is 1. The smallest absolute Gasteiger partial charge is 0.410 e. The van der Waals surface area contributed by atoms with Gasteiger partial charge in [0.25, 0.3) is 0 Å². The normalized spacial score (nSPS) is 18.3. The maximum Gasteiger partial charge on any atom is 0.410 e. The van der Waals surface area contributed by atoms with E-state index in [4.69, 9.17) is 9.72 Å². The first-order valence-corrected chi connectivity index (χ1v) is 7.85. The Kier molecular flexibility index (Phi) is 3.95. The molecule has 6 nitrogen and oxygen atoms in total. The molecule has 0 aromatic carbocycles. The lowest BCUT2D eigenvalue weighted by molar-refractivity contribution is 0.0240. The summed E-state index contributed by atoms with van der Waals surface area (Å²) in [6.45, 7) is 10.4. The molecule has 0 spiro atoms. The molecule has 0 aliphatic carbocycles. The highest BCUT2D eigenvalue weighted by Gasteiger charge is 2.26. The standard InChI is InChI=1S/C16H24N4O2/c1-16(2,3)22-15(21)20-8-6-19(7-9-20)14-5-4-12-10-17-11-13(12)18-14/h4-5,17H,6-11H2,1-3H3. The molecular weight excluding hydrogens is 280 g/mol. The summed E-state index contributed by atoms with van der Waals surface area (Å²) in [6.07, 6.45) is -0.224. The molecule has 22 heavy (non-hydrogen) atoms. The van der Waals surface area contributed by atoms with Gasteiger partial charge in [0.1, 0.15) is 11.4 Å². The molecule has 0 atom stereocenters. The molecule has 1 fully saturated rings. The number of anilines is 1. The summed E-state index contributed by atoms with van der Waals surface area (Å²) < 4.78 is 5.42. The third-order valence-corrected chi connectivity index (χ3v) is 3.92. The van der Waals surface area contributed by atoms with Gasteiger partial charge in [0.2, 0.25) is 0 Å². The Balaban J connectivity index is 1.59. The summed E-state index contributed by atoms with van der Waals surface area (Å²) in [5.41, 5.74) is 1.99. The number of rotatable bonds is 1. The van der Waals surface area contributed by atoms with E-state index in [1.807, 2.05) is 20.8 Å². The van der Waals surface area contributed by atoms with Crippen LogP contribution in [-0.4, -0.2) is 47.8 Å². The molecule has 0 unspecified atom stereocenters. The van der Waals surface area contributed by atoms with Crippen LogP contribution in [0.15, 0.2) is 12.1 Å². The summed E-state index contributed by atoms with van der Waals surface area (Å²) in [6, 6.07) is 4.23. The van der Waals surface area contributed by atoms with E-state index in [1.54, 1.807) is 4.90 Å². The van der Waals surface area contributed by atoms with E-state index in [9.17, 15) is 4.79 Å². The number of pyridine rings is 1. The predicted octanol–water partition coefficient (Wildman–Crippen LogP) is 1.74. The Morgan fingerprint density at radius 2 is 1.91 bits per heavy atom. The van der Waals surface area contributed by atoms with Crippen molar-refractivity contribution in [2.24, 2.45) is 0 Å². The van der Waals surface area contributed by atoms with Crippen molar-refractivity contribution < 1.29 is 9.53 Å². The van der Waals surface area contributed by atoms with E-state index in [0.717, 1.165) is 37.7 Å². The fraction of sp³-hybridized carbons (Fsp3) is 0.625. The van der Waals surface area contributed by atoms with Gasteiger partial charge >= 0.3 is 6.09 Å². The Bertz CT molecular complexity index is 560. The first-order valence-electron chi connectivity index (χ1n) is 7.85. The highest BCUT2D eigenvalue weighted by Crippen LogP contribution is 2.20. The Morgan fingerprint density at radius 1 is 1.18 bits per heavy atom. The molecule has 2 aliphatic rings. The van der Waals surface area contributed by atoms with Crippen molar-refractivity contribution in [2.45, 2.75) is 39.5 Å². The van der Waals surface area contributed by atoms with Crippen LogP contribution in [0, 0.1) is 0 Å². The van der Waals surface area contributed by atoms with E-state index >= 15 is 0 Å². The predicted molar refractivity (Wildman–Crippen MR) is 84.8 cm³/mol. The second kappa shape index (κ2) is 5.76. The maximum absolute atomic E-state index is 12.1. The van der Waals surface area contributed by atoms with Crippen LogP contribution in [-0.2, 0) is 17.8 Å². The van der Waals surface area contributed by atoms with Gasteiger partial charge in [-0.3, -0.25) is 0 Å². The molecule has 0 saturated carbocycles. The number of hydrogen-bond donors (Lipinski definition) is 1. The topological polar surface area (TPSA) is 57.7 Å². The number of fused-ring (bicyclic) bond motifs is 1. The lowest BCUT2D eigenvalue weighted by atomic mass is 10.2. The summed E-state index contributed by atoms with van der Waals surface area (Å²) in [5.74, 6) is 1.01. The van der Waals surface area contributed by atoms with Crippen LogP contribution >= 0.6 is 0 Å². The zero-order chi connectivity index (χ0) is 15.7. The number of amides is 1. The van der Waals surface area contributed by atoms with Gasteiger partial charge in [-0.05, 0) is 32.4 Å². The molecule has 2 aliphatic heterocycles. The molecule has 120 valence electrons. The summed E-state index contributed by atoms with van der Waals surface area (Å²) in [7, 11) is 0. The Morgan fingerprint density at radius 3 is 2.59 bits per heavy atom. The number of piperazine rings is 1. The quantitative estimate of drug-likeness (QED) is 0.856. The third-order valence-electron chi connectivity index (χ3n) is 3.92. The second-order valence-electron chi connectivity index (χ2n) is 6.83. The molecule has 1 N–H and O–H groups in total. The van der Waals surface area contributed by atoms with Gasteiger partial charge in [-0.25, -0.2) is 9.78 Å². The number of nitrogens with one attached hydrogen (secondary N) is 1. The molecule has 1 saturated heterocycles. The third kappa shape index (κ3) is 3.32. The lowest BCUT2D eigenvalue weighted by Crippen LogP contribution is -2.50. The first-order chi connectivity index (χ1) is 10.4. The molecule has 3 rings (SSSR count). The lowest BCUT2D eigenvalue weighted by Gasteiger charge is -2.36. The highest BCUT2D eigenvalue weighted by atomic mass is 16.6. The minimum Gasteiger partial charge on any atom is -0.444 e. The summed E-state index contributed by atoms with van der Waals surface area (Å²) in [4.78, 5) is 20.8. The van der Waals surface area contributed by atoms with E-state index in [2.05, 4.69) is 22.3 Å². The van der Waals surface area contributed by atoms with Crippen LogP contribution in [0.4, 0.5) is 10.6 Å². The number of hydrogen-bond acceptors (Lipinski definition) is 5. The number of nitrogens with zero attached hydrogens (tertiary/aromatic N) is 3. The number of ether oxygens (including phenoxy) is 1. The molecule has 1 aromatic heterocycles. The molecular formula is C16H24N4O2. The van der Waals surface area contributed by atoms with Crippen LogP contribution in [0.3, 0.4) is 0 Å². The largest absolute Gasteiger partial charge is 0.444 e. The van der Waals surface area contributed by atoms with Gasteiger partial charge in [0.15, 0.2) is 0 Å². The summed E-state index contributed by atoms with van der Waals surface area (Å²) in [5, 5.41) is 3.31. The Hall–Kier alpha value is -1.82. The van der Waals surface area contributed by atoms with Crippen molar-refractivity contribution in [3.05, 3.63) is 23.4 Å². The zero-order valence-electron chi connectivity index (χ0n) is 13.6. The van der Waals surface area contributed by atoms with Crippen molar-refractivity contribution in [3.8, 4) is 0 Å². The van der Waals surface area contributed by atoms with Crippen molar-refractivity contribution in [2.75, 3.05) is 31.1 Å². The first kappa shape index (κ1) is 15.1. The SMILES string of the molecule is CC(C)(C)OC(=O)N1CCN(c2ccc3c(n2)CNC3)CC1. The van der Waals surface area contributed by atoms with Gasteiger partial charge in [0, 0.05) is 39.3 Å². The van der Waals surface area contributed by atoms with Crippen molar-refractivity contribution >= 4 is 11.9 Å². The van der Waals surface area contributed by atoms with E-state index < -0.39 is 5.60 Å². The van der Waals surface area contributed by atoms with Crippen LogP contribution in [0.25, 0.3) is 0 Å². The number of carbonyl (C=O) groups is 1. The van der Waals surface area contributed by atoms with Crippen molar-refractivity contribution in [1.82, 2.24) is 15.2 Å². The van der Waals surface area contributed by atoms with E-state index in [1.165, 1.54) is 5.56 Å². The minimum atomic E-state index is -0.442. The fourth-order valence-corrected chi connectivity index (χ4v) is 2.77. The van der Waals surface area contributed by atoms with Gasteiger partial charge in [-0.1, -0.05) is 6.07 Å². The Labute approximate surface area is 131 Å². The second-order valence-corrected chi connectivity index (χ2v) is 6.83.